The van der Waals surface area contributed by atoms with Crippen LogP contribution in [-0.4, -0.2) is 54.4 Å². The molecule has 0 aromatic heterocycles. The number of carboxylic acids is 1. The number of carboxylic acid groups (broad SMARTS) is 1. The lowest BCUT2D eigenvalue weighted by Gasteiger charge is -2.37. The molecule has 0 aromatic rings. The summed E-state index contributed by atoms with van der Waals surface area (Å²) >= 11 is 0. The molecule has 1 rings (SSSR count). The molecule has 6 heteroatoms. The van der Waals surface area contributed by atoms with Crippen LogP contribution in [0, 0.1) is 5.92 Å². The van der Waals surface area contributed by atoms with Gasteiger partial charge in [-0.3, -0.25) is 4.79 Å². The van der Waals surface area contributed by atoms with Gasteiger partial charge in [-0.2, -0.15) is 0 Å². The lowest BCUT2D eigenvalue weighted by molar-refractivity contribution is -0.143. The lowest BCUT2D eigenvalue weighted by Crippen LogP contribution is -2.53. The van der Waals surface area contributed by atoms with Crippen molar-refractivity contribution in [2.24, 2.45) is 5.92 Å². The summed E-state index contributed by atoms with van der Waals surface area (Å²) in [5.41, 5.74) is 0. The monoisotopic (exact) mass is 272 g/mol. The van der Waals surface area contributed by atoms with Gasteiger partial charge in [-0.15, -0.1) is 0 Å². The molecule has 0 radical (unpaired) electrons. The van der Waals surface area contributed by atoms with Crippen molar-refractivity contribution < 1.29 is 19.4 Å². The van der Waals surface area contributed by atoms with Crippen LogP contribution in [0.25, 0.3) is 0 Å². The number of ether oxygens (including phenoxy) is 1. The second kappa shape index (κ2) is 7.33. The average Bonchev–Trinajstić information content (AvgIpc) is 2.37. The zero-order chi connectivity index (χ0) is 14.4. The van der Waals surface area contributed by atoms with Crippen LogP contribution < -0.4 is 5.32 Å². The van der Waals surface area contributed by atoms with Crippen molar-refractivity contribution in [3.8, 4) is 0 Å². The molecule has 0 saturated carbocycles. The molecule has 3 unspecified atom stereocenters. The maximum Gasteiger partial charge on any atom is 0.317 e. The summed E-state index contributed by atoms with van der Waals surface area (Å²) in [4.78, 5) is 24.8. The van der Waals surface area contributed by atoms with E-state index in [0.29, 0.717) is 26.0 Å². The number of hydrogen-bond donors (Lipinski definition) is 2. The number of hydrogen-bond acceptors (Lipinski definition) is 3. The average molecular weight is 272 g/mol. The van der Waals surface area contributed by atoms with Crippen molar-refractivity contribution in [1.82, 2.24) is 10.2 Å². The number of nitrogens with one attached hydrogen (secondary N) is 1. The van der Waals surface area contributed by atoms with Crippen molar-refractivity contribution >= 4 is 12.0 Å². The summed E-state index contributed by atoms with van der Waals surface area (Å²) in [6.07, 6.45) is 1.84. The number of methoxy groups -OCH3 is 1. The number of carbonyl (C=O) groups excluding carboxylic acids is 1. The molecular formula is C13H24N2O4. The number of rotatable bonds is 5. The lowest BCUT2D eigenvalue weighted by atomic mass is 9.92. The Bertz CT molecular complexity index is 322. The van der Waals surface area contributed by atoms with Crippen molar-refractivity contribution in [3.63, 3.8) is 0 Å². The molecule has 2 N–H and O–H groups in total. The molecule has 6 nitrogen and oxygen atoms in total. The smallest absolute Gasteiger partial charge is 0.317 e. The highest BCUT2D eigenvalue weighted by atomic mass is 16.5. The van der Waals surface area contributed by atoms with Crippen LogP contribution >= 0.6 is 0 Å². The first kappa shape index (κ1) is 15.8. The zero-order valence-electron chi connectivity index (χ0n) is 11.9. The van der Waals surface area contributed by atoms with Gasteiger partial charge >= 0.3 is 12.0 Å². The second-order valence-corrected chi connectivity index (χ2v) is 5.11. The fourth-order valence-electron chi connectivity index (χ4n) is 2.42. The number of amides is 2. The minimum Gasteiger partial charge on any atom is -0.481 e. The topological polar surface area (TPSA) is 78.9 Å². The highest BCUT2D eigenvalue weighted by Gasteiger charge is 2.32. The first-order valence-electron chi connectivity index (χ1n) is 6.78. The normalized spacial score (nSPS) is 24.9. The summed E-state index contributed by atoms with van der Waals surface area (Å²) in [6.45, 7) is 4.87. The minimum absolute atomic E-state index is 0.00176. The number of nitrogens with zero attached hydrogens (tertiary/aromatic N) is 1. The number of aliphatic carboxylic acids is 1. The number of likely N-dealkylation sites (tertiary alicyclic amines) is 1. The largest absolute Gasteiger partial charge is 0.481 e. The molecule has 3 atom stereocenters. The van der Waals surface area contributed by atoms with Crippen LogP contribution in [0.2, 0.25) is 0 Å². The van der Waals surface area contributed by atoms with Gasteiger partial charge in [-0.25, -0.2) is 4.79 Å². The molecule has 0 bridgehead atoms. The second-order valence-electron chi connectivity index (χ2n) is 5.11. The summed E-state index contributed by atoms with van der Waals surface area (Å²) in [5, 5.41) is 11.9. The van der Waals surface area contributed by atoms with Crippen molar-refractivity contribution in [1.29, 1.82) is 0 Å². The molecule has 1 fully saturated rings. The van der Waals surface area contributed by atoms with E-state index in [4.69, 9.17) is 9.84 Å². The number of urea groups is 1. The fraction of sp³-hybridized carbons (Fsp3) is 0.846. The molecule has 2 amide bonds. The third-order valence-corrected chi connectivity index (χ3v) is 3.67. The predicted octanol–water partition coefficient (Wildman–Crippen LogP) is 1.31. The van der Waals surface area contributed by atoms with Crippen LogP contribution in [0.1, 0.15) is 33.1 Å². The SMILES string of the molecule is CCC(COC)NC(=O)N1CCC(C(=O)O)CC1C. The third kappa shape index (κ3) is 4.38. The Morgan fingerprint density at radius 1 is 1.53 bits per heavy atom. The van der Waals surface area contributed by atoms with Gasteiger partial charge in [0.1, 0.15) is 0 Å². The summed E-state index contributed by atoms with van der Waals surface area (Å²) in [5.74, 6) is -1.10. The fourth-order valence-corrected chi connectivity index (χ4v) is 2.42. The van der Waals surface area contributed by atoms with Crippen LogP contribution in [0.15, 0.2) is 0 Å². The van der Waals surface area contributed by atoms with Gasteiger partial charge < -0.3 is 20.1 Å². The molecular weight excluding hydrogens is 248 g/mol. The Balaban J connectivity index is 2.51. The van der Waals surface area contributed by atoms with Gasteiger partial charge in [0.15, 0.2) is 0 Å². The minimum atomic E-state index is -0.766. The van der Waals surface area contributed by atoms with Gasteiger partial charge in [0.05, 0.1) is 18.6 Å². The van der Waals surface area contributed by atoms with E-state index in [-0.39, 0.29) is 24.0 Å². The van der Waals surface area contributed by atoms with Crippen LogP contribution in [0.5, 0.6) is 0 Å². The zero-order valence-corrected chi connectivity index (χ0v) is 11.9. The van der Waals surface area contributed by atoms with E-state index in [1.807, 2.05) is 13.8 Å². The van der Waals surface area contributed by atoms with Crippen molar-refractivity contribution in [2.45, 2.75) is 45.2 Å². The van der Waals surface area contributed by atoms with E-state index in [0.717, 1.165) is 6.42 Å². The van der Waals surface area contributed by atoms with Gasteiger partial charge in [-0.05, 0) is 26.2 Å². The van der Waals surface area contributed by atoms with Gasteiger partial charge in [0, 0.05) is 19.7 Å². The Morgan fingerprint density at radius 2 is 2.21 bits per heavy atom. The molecule has 1 heterocycles. The maximum absolute atomic E-state index is 12.1. The first-order chi connectivity index (χ1) is 8.99. The van der Waals surface area contributed by atoms with Gasteiger partial charge in [0.25, 0.3) is 0 Å². The summed E-state index contributed by atoms with van der Waals surface area (Å²) in [7, 11) is 1.61. The number of piperidine rings is 1. The Labute approximate surface area is 114 Å². The van der Waals surface area contributed by atoms with Gasteiger partial charge in [-0.1, -0.05) is 6.92 Å². The maximum atomic E-state index is 12.1. The van der Waals surface area contributed by atoms with Crippen molar-refractivity contribution in [2.75, 3.05) is 20.3 Å². The first-order valence-corrected chi connectivity index (χ1v) is 6.78. The van der Waals surface area contributed by atoms with E-state index >= 15 is 0 Å². The predicted molar refractivity (Wildman–Crippen MR) is 71.0 cm³/mol. The summed E-state index contributed by atoms with van der Waals surface area (Å²) < 4.78 is 5.05. The van der Waals surface area contributed by atoms with Crippen LogP contribution in [-0.2, 0) is 9.53 Å². The summed E-state index contributed by atoms with van der Waals surface area (Å²) in [6, 6.07) is -0.169. The van der Waals surface area contributed by atoms with Crippen LogP contribution in [0.3, 0.4) is 0 Å². The standard InChI is InChI=1S/C13H24N2O4/c1-4-11(8-19-3)14-13(18)15-6-5-10(12(16)17)7-9(15)2/h9-11H,4-8H2,1-3H3,(H,14,18)(H,16,17). The molecule has 0 spiro atoms. The van der Waals surface area contributed by atoms with Crippen molar-refractivity contribution in [3.05, 3.63) is 0 Å². The van der Waals surface area contributed by atoms with E-state index in [1.54, 1.807) is 12.0 Å². The van der Waals surface area contributed by atoms with E-state index in [2.05, 4.69) is 5.32 Å². The molecule has 110 valence electrons. The molecule has 19 heavy (non-hydrogen) atoms. The molecule has 1 saturated heterocycles. The Hall–Kier alpha value is -1.30. The number of carbonyl (C=O) groups is 2. The molecule has 1 aliphatic heterocycles. The van der Waals surface area contributed by atoms with E-state index in [1.165, 1.54) is 0 Å². The van der Waals surface area contributed by atoms with E-state index in [9.17, 15) is 9.59 Å². The molecule has 1 aliphatic rings. The Kier molecular flexibility index (Phi) is 6.08. The third-order valence-electron chi connectivity index (χ3n) is 3.67. The van der Waals surface area contributed by atoms with Gasteiger partial charge in [0.2, 0.25) is 0 Å². The van der Waals surface area contributed by atoms with Crippen LogP contribution in [0.4, 0.5) is 4.79 Å². The molecule has 0 aliphatic carbocycles. The quantitative estimate of drug-likeness (QED) is 0.791. The van der Waals surface area contributed by atoms with E-state index < -0.39 is 5.97 Å². The molecule has 0 aromatic carbocycles. The highest BCUT2D eigenvalue weighted by Crippen LogP contribution is 2.23. The Morgan fingerprint density at radius 3 is 2.68 bits per heavy atom. The highest BCUT2D eigenvalue weighted by molar-refractivity contribution is 5.76.